The summed E-state index contributed by atoms with van der Waals surface area (Å²) in [6.45, 7) is 6.51. The van der Waals surface area contributed by atoms with Gasteiger partial charge >= 0.3 is 0 Å². The largest absolute Gasteiger partial charge is 0.354 e. The summed E-state index contributed by atoms with van der Waals surface area (Å²) in [6, 6.07) is 9.65. The van der Waals surface area contributed by atoms with E-state index < -0.39 is 11.9 Å². The Morgan fingerprint density at radius 3 is 2.41 bits per heavy atom. The van der Waals surface area contributed by atoms with Gasteiger partial charge in [0.05, 0.1) is 5.75 Å². The molecule has 0 aliphatic rings. The van der Waals surface area contributed by atoms with Gasteiger partial charge in [-0.05, 0) is 42.2 Å². The first-order valence-electron chi connectivity index (χ1n) is 10.5. The highest BCUT2D eigenvalue weighted by Gasteiger charge is 2.28. The Morgan fingerprint density at radius 1 is 1.12 bits per heavy atom. The van der Waals surface area contributed by atoms with Gasteiger partial charge in [-0.15, -0.1) is 11.8 Å². The quantitative estimate of drug-likeness (QED) is 0.464. The van der Waals surface area contributed by atoms with Crippen LogP contribution in [0.1, 0.15) is 38.3 Å². The molecule has 0 radical (unpaired) electrons. The van der Waals surface area contributed by atoms with Crippen molar-refractivity contribution in [1.82, 2.24) is 10.2 Å². The summed E-state index contributed by atoms with van der Waals surface area (Å²) in [7, 11) is 0. The summed E-state index contributed by atoms with van der Waals surface area (Å²) < 4.78 is 27.3. The van der Waals surface area contributed by atoms with Crippen LogP contribution < -0.4 is 5.32 Å². The van der Waals surface area contributed by atoms with Crippen LogP contribution in [0.3, 0.4) is 0 Å². The van der Waals surface area contributed by atoms with Gasteiger partial charge in [0.15, 0.2) is 0 Å². The number of carbonyl (C=O) groups excluding carboxylic acids is 2. The molecule has 2 aromatic carbocycles. The topological polar surface area (TPSA) is 49.4 Å². The lowest BCUT2D eigenvalue weighted by Crippen LogP contribution is -2.50. The van der Waals surface area contributed by atoms with E-state index in [1.807, 2.05) is 20.8 Å². The van der Waals surface area contributed by atoms with Crippen molar-refractivity contribution < 1.29 is 18.4 Å². The number of rotatable bonds is 11. The Labute approximate surface area is 197 Å². The predicted molar refractivity (Wildman–Crippen MR) is 126 cm³/mol. The molecule has 2 rings (SSSR count). The van der Waals surface area contributed by atoms with E-state index >= 15 is 0 Å². The number of hydrogen-bond donors (Lipinski definition) is 1. The van der Waals surface area contributed by atoms with E-state index in [0.29, 0.717) is 23.6 Å². The molecule has 0 saturated heterocycles. The maximum Gasteiger partial charge on any atom is 0.242 e. The van der Waals surface area contributed by atoms with Crippen LogP contribution in [0, 0.1) is 17.6 Å². The number of thioether (sulfide) groups is 1. The smallest absolute Gasteiger partial charge is 0.242 e. The lowest BCUT2D eigenvalue weighted by molar-refractivity contribution is -0.139. The molecule has 32 heavy (non-hydrogen) atoms. The number of carbonyl (C=O) groups is 2. The summed E-state index contributed by atoms with van der Waals surface area (Å²) in [6.07, 6.45) is 0.431. The number of nitrogens with zero attached hydrogens (tertiary/aromatic N) is 1. The Hall–Kier alpha value is -2.12. The van der Waals surface area contributed by atoms with E-state index in [2.05, 4.69) is 5.32 Å². The first-order valence-corrected chi connectivity index (χ1v) is 12.1. The first-order chi connectivity index (χ1) is 15.2. The molecule has 0 spiro atoms. The van der Waals surface area contributed by atoms with Crippen LogP contribution in [0.4, 0.5) is 8.78 Å². The first kappa shape index (κ1) is 26.1. The van der Waals surface area contributed by atoms with E-state index in [1.54, 1.807) is 18.2 Å². The molecule has 2 amide bonds. The van der Waals surface area contributed by atoms with E-state index in [9.17, 15) is 18.4 Å². The van der Waals surface area contributed by atoms with E-state index in [1.165, 1.54) is 40.9 Å². The van der Waals surface area contributed by atoms with Crippen molar-refractivity contribution in [1.29, 1.82) is 0 Å². The molecule has 1 atom stereocenters. The average Bonchev–Trinajstić information content (AvgIpc) is 2.75. The predicted octanol–water partition coefficient (Wildman–Crippen LogP) is 5.43. The lowest BCUT2D eigenvalue weighted by atomic mass is 10.1. The molecular formula is C24H29ClF2N2O2S. The second-order valence-corrected chi connectivity index (χ2v) is 9.30. The summed E-state index contributed by atoms with van der Waals surface area (Å²) in [4.78, 5) is 27.5. The van der Waals surface area contributed by atoms with Gasteiger partial charge in [0.25, 0.3) is 0 Å². The molecule has 1 N–H and O–H groups in total. The van der Waals surface area contributed by atoms with Crippen LogP contribution in [0.5, 0.6) is 0 Å². The zero-order chi connectivity index (χ0) is 23.7. The molecule has 174 valence electrons. The molecule has 0 aromatic heterocycles. The maximum absolute atomic E-state index is 14.0. The fourth-order valence-electron chi connectivity index (χ4n) is 3.12. The molecular weight excluding hydrogens is 454 g/mol. The van der Waals surface area contributed by atoms with Crippen molar-refractivity contribution in [2.24, 2.45) is 5.92 Å². The highest BCUT2D eigenvalue weighted by atomic mass is 35.5. The second kappa shape index (κ2) is 12.8. The molecule has 2 aromatic rings. The SMILES string of the molecule is CC[C@H](C(=O)NCC(C)C)N(Cc1ccc(F)cc1)C(=O)CSCc1c(F)cccc1Cl. The van der Waals surface area contributed by atoms with Crippen molar-refractivity contribution in [3.63, 3.8) is 0 Å². The molecule has 0 saturated carbocycles. The van der Waals surface area contributed by atoms with Crippen molar-refractivity contribution in [3.8, 4) is 0 Å². The Balaban J connectivity index is 2.15. The zero-order valence-electron chi connectivity index (χ0n) is 18.5. The third-order valence-corrected chi connectivity index (χ3v) is 6.17. The highest BCUT2D eigenvalue weighted by molar-refractivity contribution is 7.99. The lowest BCUT2D eigenvalue weighted by Gasteiger charge is -2.31. The van der Waals surface area contributed by atoms with E-state index in [-0.39, 0.29) is 41.6 Å². The summed E-state index contributed by atoms with van der Waals surface area (Å²) >= 11 is 7.30. The Morgan fingerprint density at radius 2 is 1.81 bits per heavy atom. The van der Waals surface area contributed by atoms with E-state index in [0.717, 1.165) is 5.56 Å². The van der Waals surface area contributed by atoms with E-state index in [4.69, 9.17) is 11.6 Å². The number of halogens is 3. The third-order valence-electron chi connectivity index (χ3n) is 4.87. The van der Waals surface area contributed by atoms with Crippen LogP contribution in [0.2, 0.25) is 5.02 Å². The molecule has 0 bridgehead atoms. The molecule has 4 nitrogen and oxygen atoms in total. The van der Waals surface area contributed by atoms with Gasteiger partial charge in [-0.25, -0.2) is 8.78 Å². The van der Waals surface area contributed by atoms with Crippen molar-refractivity contribution in [2.45, 2.75) is 45.5 Å². The van der Waals surface area contributed by atoms with Crippen molar-refractivity contribution in [2.75, 3.05) is 12.3 Å². The monoisotopic (exact) mass is 482 g/mol. The zero-order valence-corrected chi connectivity index (χ0v) is 20.1. The molecule has 8 heteroatoms. The highest BCUT2D eigenvalue weighted by Crippen LogP contribution is 2.24. The van der Waals surface area contributed by atoms with Crippen LogP contribution in [-0.4, -0.2) is 35.1 Å². The minimum Gasteiger partial charge on any atom is -0.354 e. The van der Waals surface area contributed by atoms with Crippen LogP contribution in [0.25, 0.3) is 0 Å². The molecule has 0 aliphatic carbocycles. The fraction of sp³-hybridized carbons (Fsp3) is 0.417. The summed E-state index contributed by atoms with van der Waals surface area (Å²) in [5, 5.41) is 3.21. The average molecular weight is 483 g/mol. The molecule has 0 fully saturated rings. The normalized spacial score (nSPS) is 12.0. The Kier molecular flexibility index (Phi) is 10.5. The number of hydrogen-bond acceptors (Lipinski definition) is 3. The van der Waals surface area contributed by atoms with Gasteiger partial charge in [-0.2, -0.15) is 0 Å². The standard InChI is InChI=1S/C24H29ClF2N2O2S/c1-4-22(24(31)28-12-16(2)3)29(13-17-8-10-18(26)11-9-17)23(30)15-32-14-19-20(25)6-5-7-21(19)27/h5-11,16,22H,4,12-15H2,1-3H3,(H,28,31)/t22-/m1/s1. The summed E-state index contributed by atoms with van der Waals surface area (Å²) in [5.41, 5.74) is 1.07. The number of amides is 2. The molecule has 0 unspecified atom stereocenters. The maximum atomic E-state index is 14.0. The van der Waals surface area contributed by atoms with Gasteiger partial charge in [-0.1, -0.05) is 50.6 Å². The number of benzene rings is 2. The van der Waals surface area contributed by atoms with Crippen molar-refractivity contribution >= 4 is 35.2 Å². The minimum atomic E-state index is -0.663. The van der Waals surface area contributed by atoms with Crippen LogP contribution >= 0.6 is 23.4 Å². The minimum absolute atomic E-state index is 0.0554. The van der Waals surface area contributed by atoms with Gasteiger partial charge in [0.1, 0.15) is 17.7 Å². The van der Waals surface area contributed by atoms with Gasteiger partial charge in [0, 0.05) is 29.4 Å². The van der Waals surface area contributed by atoms with Gasteiger partial charge < -0.3 is 10.2 Å². The third kappa shape index (κ3) is 7.78. The van der Waals surface area contributed by atoms with Crippen molar-refractivity contribution in [3.05, 3.63) is 70.2 Å². The molecule has 0 aliphatic heterocycles. The fourth-order valence-corrected chi connectivity index (χ4v) is 4.37. The van der Waals surface area contributed by atoms with Crippen LogP contribution in [0.15, 0.2) is 42.5 Å². The van der Waals surface area contributed by atoms with Crippen LogP contribution in [-0.2, 0) is 21.9 Å². The van der Waals surface area contributed by atoms with Gasteiger partial charge in [0.2, 0.25) is 11.8 Å². The summed E-state index contributed by atoms with van der Waals surface area (Å²) in [5.74, 6) is -0.695. The second-order valence-electron chi connectivity index (χ2n) is 7.90. The molecule has 0 heterocycles. The van der Waals surface area contributed by atoms with Gasteiger partial charge in [-0.3, -0.25) is 9.59 Å². The Bertz CT molecular complexity index is 889. The number of nitrogens with one attached hydrogen (secondary N) is 1.